The van der Waals surface area contributed by atoms with Crippen LogP contribution in [0.15, 0.2) is 36.4 Å². The van der Waals surface area contributed by atoms with Crippen molar-refractivity contribution in [1.29, 1.82) is 0 Å². The molecule has 6 nitrogen and oxygen atoms in total. The van der Waals surface area contributed by atoms with Crippen LogP contribution >= 0.6 is 0 Å². The first-order valence-corrected chi connectivity index (χ1v) is 7.53. The van der Waals surface area contributed by atoms with Crippen LogP contribution in [0.2, 0.25) is 0 Å². The number of nitrogens with two attached hydrogens (primary N) is 1. The number of carbonyl (C=O) groups excluding carboxylic acids is 2. The smallest absolute Gasteiger partial charge is 0.341 e. The highest BCUT2D eigenvalue weighted by Gasteiger charge is 2.21. The molecule has 0 aromatic heterocycles. The van der Waals surface area contributed by atoms with Crippen molar-refractivity contribution in [2.24, 2.45) is 0 Å². The first-order chi connectivity index (χ1) is 11.8. The van der Waals surface area contributed by atoms with E-state index in [-0.39, 0.29) is 11.3 Å². The second-order valence-electron chi connectivity index (χ2n) is 5.47. The van der Waals surface area contributed by atoms with Gasteiger partial charge < -0.3 is 20.5 Å². The van der Waals surface area contributed by atoms with Gasteiger partial charge in [-0.25, -0.2) is 9.18 Å². The van der Waals surface area contributed by atoms with Gasteiger partial charge in [-0.15, -0.1) is 0 Å². The number of aryl methyl sites for hydroxylation is 1. The van der Waals surface area contributed by atoms with Crippen molar-refractivity contribution >= 4 is 23.3 Å². The highest BCUT2D eigenvalue weighted by atomic mass is 19.1. The second kappa shape index (κ2) is 7.65. The lowest BCUT2D eigenvalue weighted by Crippen LogP contribution is -2.30. The molecule has 0 bridgehead atoms. The summed E-state index contributed by atoms with van der Waals surface area (Å²) in [6.07, 6.45) is -1.08. The minimum atomic E-state index is -1.08. The quantitative estimate of drug-likeness (QED) is 0.642. The molecule has 2 aromatic rings. The summed E-state index contributed by atoms with van der Waals surface area (Å²) in [5, 5.41) is 2.65. The van der Waals surface area contributed by atoms with Crippen LogP contribution in [0.25, 0.3) is 0 Å². The van der Waals surface area contributed by atoms with Crippen LogP contribution in [0.3, 0.4) is 0 Å². The molecule has 0 spiro atoms. The number of amides is 1. The average molecular weight is 346 g/mol. The number of esters is 1. The first kappa shape index (κ1) is 18.3. The number of nitrogen functional groups attached to an aromatic ring is 1. The molecule has 132 valence electrons. The van der Waals surface area contributed by atoms with Crippen LogP contribution in [-0.2, 0) is 9.53 Å². The van der Waals surface area contributed by atoms with E-state index in [4.69, 9.17) is 15.2 Å². The molecule has 0 radical (unpaired) electrons. The molecule has 0 aliphatic rings. The molecular weight excluding hydrogens is 327 g/mol. The van der Waals surface area contributed by atoms with Gasteiger partial charge in [-0.2, -0.15) is 0 Å². The highest BCUT2D eigenvalue weighted by Crippen LogP contribution is 2.25. The lowest BCUT2D eigenvalue weighted by Gasteiger charge is -2.16. The maximum absolute atomic E-state index is 13.0. The third-order valence-corrected chi connectivity index (χ3v) is 3.50. The summed E-state index contributed by atoms with van der Waals surface area (Å²) in [7, 11) is 1.49. The molecule has 0 saturated heterocycles. The minimum absolute atomic E-state index is 0.00538. The summed E-state index contributed by atoms with van der Waals surface area (Å²) in [5.41, 5.74) is 6.93. The van der Waals surface area contributed by atoms with Crippen molar-refractivity contribution in [3.8, 4) is 5.75 Å². The van der Waals surface area contributed by atoms with Crippen LogP contribution in [0.1, 0.15) is 22.8 Å². The summed E-state index contributed by atoms with van der Waals surface area (Å²) in [4.78, 5) is 24.4. The fourth-order valence-corrected chi connectivity index (χ4v) is 2.15. The Labute approximate surface area is 144 Å². The van der Waals surface area contributed by atoms with Crippen molar-refractivity contribution in [2.45, 2.75) is 20.0 Å². The zero-order chi connectivity index (χ0) is 18.6. The predicted molar refractivity (Wildman–Crippen MR) is 92.1 cm³/mol. The predicted octanol–water partition coefficient (Wildman–Crippen LogP) is 2.91. The van der Waals surface area contributed by atoms with Crippen molar-refractivity contribution in [3.05, 3.63) is 53.3 Å². The van der Waals surface area contributed by atoms with Gasteiger partial charge in [0.25, 0.3) is 5.91 Å². The van der Waals surface area contributed by atoms with E-state index in [1.54, 1.807) is 12.1 Å². The lowest BCUT2D eigenvalue weighted by molar-refractivity contribution is -0.123. The molecule has 0 fully saturated rings. The molecule has 0 saturated carbocycles. The summed E-state index contributed by atoms with van der Waals surface area (Å²) in [5.74, 6) is -1.42. The number of benzene rings is 2. The molecule has 2 aromatic carbocycles. The van der Waals surface area contributed by atoms with E-state index in [1.807, 2.05) is 13.0 Å². The third kappa shape index (κ3) is 4.47. The summed E-state index contributed by atoms with van der Waals surface area (Å²) in [6, 6.07) is 8.62. The summed E-state index contributed by atoms with van der Waals surface area (Å²) >= 11 is 0. The Morgan fingerprint density at radius 1 is 1.20 bits per heavy atom. The molecule has 7 heteroatoms. The largest absolute Gasteiger partial charge is 0.495 e. The van der Waals surface area contributed by atoms with Gasteiger partial charge in [-0.05, 0) is 49.7 Å². The Balaban J connectivity index is 2.07. The van der Waals surface area contributed by atoms with Gasteiger partial charge in [-0.3, -0.25) is 4.79 Å². The molecular formula is C18H19FN2O4. The number of methoxy groups -OCH3 is 1. The Bertz CT molecular complexity index is 808. The van der Waals surface area contributed by atoms with E-state index in [0.29, 0.717) is 11.4 Å². The van der Waals surface area contributed by atoms with Gasteiger partial charge >= 0.3 is 5.97 Å². The number of nitrogens with one attached hydrogen (secondary N) is 1. The Kier molecular flexibility index (Phi) is 5.59. The van der Waals surface area contributed by atoms with Gasteiger partial charge in [0, 0.05) is 5.69 Å². The van der Waals surface area contributed by atoms with E-state index in [1.165, 1.54) is 20.1 Å². The van der Waals surface area contributed by atoms with E-state index < -0.39 is 23.8 Å². The van der Waals surface area contributed by atoms with Crippen LogP contribution < -0.4 is 15.8 Å². The van der Waals surface area contributed by atoms with Crippen molar-refractivity contribution in [3.63, 3.8) is 0 Å². The average Bonchev–Trinajstić information content (AvgIpc) is 2.54. The molecule has 2 rings (SSSR count). The maximum Gasteiger partial charge on any atom is 0.341 e. The van der Waals surface area contributed by atoms with Gasteiger partial charge in [0.15, 0.2) is 6.10 Å². The van der Waals surface area contributed by atoms with Crippen molar-refractivity contribution in [1.82, 2.24) is 0 Å². The van der Waals surface area contributed by atoms with Crippen LogP contribution in [0.4, 0.5) is 15.8 Å². The normalized spacial score (nSPS) is 11.5. The molecule has 0 unspecified atom stereocenters. The van der Waals surface area contributed by atoms with E-state index in [9.17, 15) is 14.0 Å². The Morgan fingerprint density at radius 3 is 2.56 bits per heavy atom. The number of hydrogen-bond acceptors (Lipinski definition) is 5. The molecule has 1 atom stereocenters. The van der Waals surface area contributed by atoms with Gasteiger partial charge in [0.1, 0.15) is 11.6 Å². The highest BCUT2D eigenvalue weighted by molar-refractivity contribution is 6.00. The zero-order valence-electron chi connectivity index (χ0n) is 14.1. The van der Waals surface area contributed by atoms with Crippen molar-refractivity contribution in [2.75, 3.05) is 18.2 Å². The summed E-state index contributed by atoms with van der Waals surface area (Å²) < 4.78 is 23.3. The first-order valence-electron chi connectivity index (χ1n) is 7.53. The van der Waals surface area contributed by atoms with Crippen molar-refractivity contribution < 1.29 is 23.5 Å². The fourth-order valence-electron chi connectivity index (χ4n) is 2.15. The number of anilines is 2. The number of ether oxygens (including phenoxy) is 2. The van der Waals surface area contributed by atoms with Gasteiger partial charge in [0.05, 0.1) is 18.4 Å². The van der Waals surface area contributed by atoms with Crippen LogP contribution in [0, 0.1) is 12.7 Å². The van der Waals surface area contributed by atoms with E-state index in [2.05, 4.69) is 5.32 Å². The Morgan fingerprint density at radius 2 is 1.92 bits per heavy atom. The number of carbonyl (C=O) groups is 2. The fraction of sp³-hybridized carbons (Fsp3) is 0.222. The molecule has 0 aliphatic heterocycles. The standard InChI is InChI=1S/C18H19FN2O4/c1-10-4-7-16(24-3)15(8-10)21-17(22)11(2)25-18(23)13-6-5-12(19)9-14(13)20/h4-9,11H,20H2,1-3H3,(H,21,22)/t11-/m1/s1. The zero-order valence-corrected chi connectivity index (χ0v) is 14.1. The number of halogens is 1. The molecule has 0 heterocycles. The maximum atomic E-state index is 13.0. The molecule has 25 heavy (non-hydrogen) atoms. The topological polar surface area (TPSA) is 90.6 Å². The lowest BCUT2D eigenvalue weighted by atomic mass is 10.2. The Hall–Kier alpha value is -3.09. The summed E-state index contributed by atoms with van der Waals surface area (Å²) in [6.45, 7) is 3.30. The monoisotopic (exact) mass is 346 g/mol. The van der Waals surface area contributed by atoms with Gasteiger partial charge in [-0.1, -0.05) is 6.07 Å². The second-order valence-corrected chi connectivity index (χ2v) is 5.47. The van der Waals surface area contributed by atoms with Crippen LogP contribution in [0.5, 0.6) is 5.75 Å². The molecule has 0 aliphatic carbocycles. The number of rotatable bonds is 5. The van der Waals surface area contributed by atoms with Crippen LogP contribution in [-0.4, -0.2) is 25.1 Å². The minimum Gasteiger partial charge on any atom is -0.495 e. The number of hydrogen-bond donors (Lipinski definition) is 2. The van der Waals surface area contributed by atoms with E-state index >= 15 is 0 Å². The van der Waals surface area contributed by atoms with Gasteiger partial charge in [0.2, 0.25) is 0 Å². The van der Waals surface area contributed by atoms with E-state index in [0.717, 1.165) is 17.7 Å². The molecule has 1 amide bonds. The SMILES string of the molecule is COc1ccc(C)cc1NC(=O)[C@@H](C)OC(=O)c1ccc(F)cc1N. The molecule has 3 N–H and O–H groups in total. The third-order valence-electron chi connectivity index (χ3n) is 3.50.